The van der Waals surface area contributed by atoms with Gasteiger partial charge in [-0.1, -0.05) is 43.0 Å². The van der Waals surface area contributed by atoms with E-state index in [1.807, 2.05) is 6.07 Å². The average molecular weight is 501 g/mol. The number of aliphatic hydroxyl groups excluding tert-OH is 2. The van der Waals surface area contributed by atoms with Crippen LogP contribution in [0, 0.1) is 5.41 Å². The molecule has 3 fully saturated rings. The number of aliphatic hydroxyl groups is 2. The second kappa shape index (κ2) is 9.50. The fourth-order valence-corrected chi connectivity index (χ4v) is 6.56. The number of hydrogen-bond acceptors (Lipinski definition) is 8. The Balaban J connectivity index is 1.40. The van der Waals surface area contributed by atoms with Crippen LogP contribution in [0.5, 0.6) is 0 Å². The molecule has 0 amide bonds. The van der Waals surface area contributed by atoms with Crippen molar-refractivity contribution in [1.29, 1.82) is 0 Å². The van der Waals surface area contributed by atoms with E-state index in [1.54, 1.807) is 6.07 Å². The van der Waals surface area contributed by atoms with Crippen molar-refractivity contribution in [2.24, 2.45) is 11.1 Å². The van der Waals surface area contributed by atoms with Crippen LogP contribution in [-0.4, -0.2) is 71.8 Å². The van der Waals surface area contributed by atoms with E-state index >= 15 is 0 Å². The molecule has 4 aliphatic rings. The molecule has 8 atom stereocenters. The van der Waals surface area contributed by atoms with Crippen molar-refractivity contribution in [3.8, 4) is 0 Å². The molecule has 5 rings (SSSR count). The summed E-state index contributed by atoms with van der Waals surface area (Å²) < 4.78 is 12.4. The molecule has 0 saturated carbocycles. The van der Waals surface area contributed by atoms with E-state index in [1.165, 1.54) is 0 Å². The molecule has 0 aliphatic carbocycles. The number of nitrogens with one attached hydrogen (secondary N) is 2. The molecule has 1 aromatic rings. The lowest BCUT2D eigenvalue weighted by molar-refractivity contribution is -0.147. The van der Waals surface area contributed by atoms with Gasteiger partial charge in [0.15, 0.2) is 0 Å². The van der Waals surface area contributed by atoms with Gasteiger partial charge in [-0.05, 0) is 42.5 Å². The van der Waals surface area contributed by atoms with Gasteiger partial charge in [0.25, 0.3) is 0 Å². The molecule has 4 aliphatic heterocycles. The summed E-state index contributed by atoms with van der Waals surface area (Å²) in [4.78, 5) is 2.14. The van der Waals surface area contributed by atoms with E-state index in [0.717, 1.165) is 43.4 Å². The maximum Gasteiger partial charge on any atom is 0.141 e. The first-order valence-electron chi connectivity index (χ1n) is 12.0. The Labute approximate surface area is 204 Å². The highest BCUT2D eigenvalue weighted by atomic mass is 35.5. The number of nitrogens with two attached hydrogens (primary N) is 1. The predicted molar refractivity (Wildman–Crippen MR) is 126 cm³/mol. The molecule has 33 heavy (non-hydrogen) atoms. The fraction of sp³-hybridized carbons (Fsp3) is 0.739. The zero-order valence-corrected chi connectivity index (χ0v) is 20.4. The average Bonchev–Trinajstić information content (AvgIpc) is 3.32. The minimum Gasteiger partial charge on any atom is -0.387 e. The summed E-state index contributed by atoms with van der Waals surface area (Å²) in [6.45, 7) is 3.97. The number of benzene rings is 1. The monoisotopic (exact) mass is 500 g/mol. The Morgan fingerprint density at radius 3 is 2.79 bits per heavy atom. The Morgan fingerprint density at radius 1 is 1.21 bits per heavy atom. The third-order valence-corrected chi connectivity index (χ3v) is 8.72. The molecule has 10 heteroatoms. The number of ether oxygens (including phenoxy) is 2. The van der Waals surface area contributed by atoms with Gasteiger partial charge >= 0.3 is 0 Å². The molecule has 0 radical (unpaired) electrons. The summed E-state index contributed by atoms with van der Waals surface area (Å²) in [7, 11) is 0. The normalized spacial score (nSPS) is 41.2. The van der Waals surface area contributed by atoms with Gasteiger partial charge in [-0.3, -0.25) is 15.5 Å². The lowest BCUT2D eigenvalue weighted by atomic mass is 9.75. The summed E-state index contributed by atoms with van der Waals surface area (Å²) in [5, 5.41) is 30.0. The number of unbranched alkanes of at least 4 members (excludes halogenated alkanes) is 1. The molecular formula is C23H34Cl2N4O4. The Kier molecular flexibility index (Phi) is 6.96. The lowest BCUT2D eigenvalue weighted by Gasteiger charge is -2.48. The van der Waals surface area contributed by atoms with Gasteiger partial charge in [-0.15, -0.1) is 0 Å². The van der Waals surface area contributed by atoms with Gasteiger partial charge in [0.1, 0.15) is 30.6 Å². The number of fused-ring (bicyclic) bond motifs is 2. The van der Waals surface area contributed by atoms with Crippen LogP contribution in [0.3, 0.4) is 0 Å². The molecule has 3 unspecified atom stereocenters. The van der Waals surface area contributed by atoms with Crippen molar-refractivity contribution in [3.63, 3.8) is 0 Å². The molecule has 0 spiro atoms. The smallest absolute Gasteiger partial charge is 0.141 e. The standard InChI is InChI=1S/C23H34Cl2N4O4/c1-2-3-5-23-6-7-29(22(23)28-11-27-21(23)26)20-17(31)16(30)19(33-20)18-13-10-15(25)14(24)9-12(13)4-8-32-18/h9-10,16-22,27-28,30-31H,2-8,11,26H2,1H3/t16-,17+,18+,19-,20+,21?,22?,23?/m0/s1. The van der Waals surface area contributed by atoms with Crippen molar-refractivity contribution in [2.45, 2.75) is 82.0 Å². The minimum atomic E-state index is -1.10. The van der Waals surface area contributed by atoms with Crippen LogP contribution < -0.4 is 16.4 Å². The summed E-state index contributed by atoms with van der Waals surface area (Å²) >= 11 is 12.5. The van der Waals surface area contributed by atoms with E-state index in [0.29, 0.717) is 29.7 Å². The Morgan fingerprint density at radius 2 is 2.00 bits per heavy atom. The maximum atomic E-state index is 11.1. The van der Waals surface area contributed by atoms with Crippen LogP contribution in [0.1, 0.15) is 49.8 Å². The molecule has 4 heterocycles. The van der Waals surface area contributed by atoms with E-state index in [4.69, 9.17) is 38.4 Å². The summed E-state index contributed by atoms with van der Waals surface area (Å²) in [5.41, 5.74) is 8.30. The predicted octanol–water partition coefficient (Wildman–Crippen LogP) is 1.70. The summed E-state index contributed by atoms with van der Waals surface area (Å²) in [6.07, 6.45) is 0.500. The highest BCUT2D eigenvalue weighted by molar-refractivity contribution is 6.42. The summed E-state index contributed by atoms with van der Waals surface area (Å²) in [5.74, 6) is 0. The number of likely N-dealkylation sites (tertiary alicyclic amines) is 1. The van der Waals surface area contributed by atoms with Gasteiger partial charge in [-0.25, -0.2) is 0 Å². The van der Waals surface area contributed by atoms with Gasteiger partial charge in [0.05, 0.1) is 29.0 Å². The Bertz CT molecular complexity index is 879. The minimum absolute atomic E-state index is 0.0429. The maximum absolute atomic E-state index is 11.1. The second-order valence-corrected chi connectivity index (χ2v) is 10.6. The van der Waals surface area contributed by atoms with Gasteiger partial charge < -0.3 is 25.4 Å². The first-order chi connectivity index (χ1) is 15.9. The molecule has 8 nitrogen and oxygen atoms in total. The lowest BCUT2D eigenvalue weighted by Crippen LogP contribution is -2.69. The topological polar surface area (TPSA) is 112 Å². The van der Waals surface area contributed by atoms with Gasteiger partial charge in [-0.2, -0.15) is 0 Å². The highest BCUT2D eigenvalue weighted by Gasteiger charge is 2.58. The van der Waals surface area contributed by atoms with E-state index in [9.17, 15) is 10.2 Å². The van der Waals surface area contributed by atoms with Crippen LogP contribution in [0.2, 0.25) is 10.0 Å². The molecule has 184 valence electrons. The zero-order valence-electron chi connectivity index (χ0n) is 18.8. The van der Waals surface area contributed by atoms with Crippen molar-refractivity contribution < 1.29 is 19.7 Å². The fourth-order valence-electron chi connectivity index (χ4n) is 6.20. The van der Waals surface area contributed by atoms with Crippen molar-refractivity contribution in [3.05, 3.63) is 33.3 Å². The van der Waals surface area contributed by atoms with Crippen LogP contribution >= 0.6 is 23.2 Å². The van der Waals surface area contributed by atoms with E-state index < -0.39 is 30.6 Å². The van der Waals surface area contributed by atoms with Crippen molar-refractivity contribution in [2.75, 3.05) is 19.8 Å². The van der Waals surface area contributed by atoms with Gasteiger partial charge in [0.2, 0.25) is 0 Å². The SMILES string of the molecule is CCCCC12CCN([C@@H]3O[C@H]([C@@H]4OCCc5cc(Cl)c(Cl)cc54)[C@@H](O)[C@H]3O)C1NCNC2N. The Hall–Kier alpha value is -0.520. The van der Waals surface area contributed by atoms with Crippen LogP contribution in [0.15, 0.2) is 12.1 Å². The number of rotatable bonds is 5. The molecular weight excluding hydrogens is 467 g/mol. The van der Waals surface area contributed by atoms with Crippen molar-refractivity contribution in [1.82, 2.24) is 15.5 Å². The highest BCUT2D eigenvalue weighted by Crippen LogP contribution is 2.47. The molecule has 6 N–H and O–H groups in total. The first kappa shape index (κ1) is 24.2. The zero-order chi connectivity index (χ0) is 23.3. The van der Waals surface area contributed by atoms with Gasteiger partial charge in [0, 0.05) is 18.6 Å². The molecule has 0 aromatic heterocycles. The summed E-state index contributed by atoms with van der Waals surface area (Å²) in [6, 6.07) is 3.64. The van der Waals surface area contributed by atoms with E-state index in [2.05, 4.69) is 22.5 Å². The molecule has 3 saturated heterocycles. The van der Waals surface area contributed by atoms with Crippen LogP contribution in [-0.2, 0) is 15.9 Å². The largest absolute Gasteiger partial charge is 0.387 e. The third kappa shape index (κ3) is 4.02. The van der Waals surface area contributed by atoms with Crippen LogP contribution in [0.25, 0.3) is 0 Å². The van der Waals surface area contributed by atoms with Crippen molar-refractivity contribution >= 4 is 23.2 Å². The van der Waals surface area contributed by atoms with Crippen LogP contribution in [0.4, 0.5) is 0 Å². The number of hydrogen-bond donors (Lipinski definition) is 5. The second-order valence-electron chi connectivity index (χ2n) is 9.77. The molecule has 0 bridgehead atoms. The van der Waals surface area contributed by atoms with E-state index in [-0.39, 0.29) is 17.7 Å². The number of nitrogens with zero attached hydrogens (tertiary/aromatic N) is 1. The number of halogens is 2. The molecule has 1 aromatic carbocycles. The first-order valence-corrected chi connectivity index (χ1v) is 12.7. The third-order valence-electron chi connectivity index (χ3n) is 8.00. The quantitative estimate of drug-likeness (QED) is 0.415.